The number of ketones is 1. The van der Waals surface area contributed by atoms with E-state index in [2.05, 4.69) is 0 Å². The number of rotatable bonds is 3. The van der Waals surface area contributed by atoms with Crippen molar-refractivity contribution in [2.24, 2.45) is 17.8 Å². The van der Waals surface area contributed by atoms with Gasteiger partial charge in [0.2, 0.25) is 0 Å². The maximum absolute atomic E-state index is 12.6. The molecule has 1 aliphatic heterocycles. The fourth-order valence-electron chi connectivity index (χ4n) is 4.25. The monoisotopic (exact) mass is 290 g/mol. The van der Waals surface area contributed by atoms with Crippen molar-refractivity contribution < 1.29 is 9.53 Å². The number of carbonyl (C=O) groups is 1. The molecule has 2 unspecified atom stereocenters. The number of hydrogen-bond donors (Lipinski definition) is 0. The van der Waals surface area contributed by atoms with Gasteiger partial charge in [-0.15, -0.1) is 0 Å². The minimum atomic E-state index is 0.327. The van der Waals surface area contributed by atoms with Crippen LogP contribution in [0.1, 0.15) is 36.8 Å². The van der Waals surface area contributed by atoms with Crippen molar-refractivity contribution in [3.8, 4) is 5.75 Å². The van der Waals surface area contributed by atoms with Gasteiger partial charge in [0.05, 0.1) is 6.61 Å². The Balaban J connectivity index is 1.53. The van der Waals surface area contributed by atoms with E-state index in [1.165, 1.54) is 25.7 Å². The van der Waals surface area contributed by atoms with Gasteiger partial charge in [-0.25, -0.2) is 0 Å². The lowest BCUT2D eigenvalue weighted by Crippen LogP contribution is -2.08. The third-order valence-electron chi connectivity index (χ3n) is 5.22. The summed E-state index contributed by atoms with van der Waals surface area (Å²) in [5, 5.41) is 0.727. The standard InChI is InChI=1S/C17H19ClO2/c18-12-7-10-5-6-20-17(10)11(8-12)9-15(19)16-13-3-1-2-4-14(13)16/h7-8,13-14,16H,1-6,9H2. The zero-order chi connectivity index (χ0) is 13.7. The molecule has 0 aromatic heterocycles. The van der Waals surface area contributed by atoms with Crippen molar-refractivity contribution in [3.63, 3.8) is 0 Å². The Labute approximate surface area is 124 Å². The SMILES string of the molecule is O=C(Cc1cc(Cl)cc2c1OCC2)C1C2CCCCC21. The van der Waals surface area contributed by atoms with Gasteiger partial charge in [0.1, 0.15) is 11.5 Å². The molecule has 0 saturated heterocycles. The fraction of sp³-hybridized carbons (Fsp3) is 0.588. The molecule has 1 aromatic rings. The zero-order valence-corrected chi connectivity index (χ0v) is 12.3. The summed E-state index contributed by atoms with van der Waals surface area (Å²) >= 11 is 6.16. The summed E-state index contributed by atoms with van der Waals surface area (Å²) in [6.45, 7) is 0.714. The van der Waals surface area contributed by atoms with E-state index >= 15 is 0 Å². The number of halogens is 1. The highest BCUT2D eigenvalue weighted by Crippen LogP contribution is 2.56. The van der Waals surface area contributed by atoms with Gasteiger partial charge in [-0.3, -0.25) is 4.79 Å². The molecule has 3 heteroatoms. The van der Waals surface area contributed by atoms with E-state index in [1.807, 2.05) is 12.1 Å². The van der Waals surface area contributed by atoms with Crippen LogP contribution in [-0.2, 0) is 17.6 Å². The van der Waals surface area contributed by atoms with Crippen LogP contribution in [0.15, 0.2) is 12.1 Å². The van der Waals surface area contributed by atoms with Crippen molar-refractivity contribution in [3.05, 3.63) is 28.3 Å². The second-order valence-corrected chi connectivity index (χ2v) is 6.87. The predicted molar refractivity (Wildman–Crippen MR) is 78.3 cm³/mol. The summed E-state index contributed by atoms with van der Waals surface area (Å²) in [6.07, 6.45) is 6.53. The Morgan fingerprint density at radius 2 is 2.00 bits per heavy atom. The molecule has 0 spiro atoms. The van der Waals surface area contributed by atoms with Gasteiger partial charge in [0.15, 0.2) is 0 Å². The molecular weight excluding hydrogens is 272 g/mol. The molecule has 3 aliphatic rings. The van der Waals surface area contributed by atoms with Crippen molar-refractivity contribution >= 4 is 17.4 Å². The molecule has 106 valence electrons. The first-order chi connectivity index (χ1) is 9.74. The minimum absolute atomic E-state index is 0.327. The van der Waals surface area contributed by atoms with Crippen LogP contribution < -0.4 is 4.74 Å². The van der Waals surface area contributed by atoms with E-state index in [0.717, 1.165) is 28.3 Å². The predicted octanol–water partition coefficient (Wildman–Crippen LogP) is 3.82. The van der Waals surface area contributed by atoms with Gasteiger partial charge in [0.25, 0.3) is 0 Å². The fourth-order valence-corrected chi connectivity index (χ4v) is 4.52. The van der Waals surface area contributed by atoms with Gasteiger partial charge < -0.3 is 4.74 Å². The highest BCUT2D eigenvalue weighted by atomic mass is 35.5. The van der Waals surface area contributed by atoms with Crippen LogP contribution in [0.4, 0.5) is 0 Å². The molecule has 2 atom stereocenters. The van der Waals surface area contributed by atoms with E-state index in [4.69, 9.17) is 16.3 Å². The Kier molecular flexibility index (Phi) is 3.03. The first-order valence-corrected chi connectivity index (χ1v) is 8.08. The molecule has 4 rings (SSSR count). The largest absolute Gasteiger partial charge is 0.493 e. The molecule has 1 heterocycles. The van der Waals surface area contributed by atoms with E-state index in [9.17, 15) is 4.79 Å². The van der Waals surface area contributed by atoms with Crippen LogP contribution in [-0.4, -0.2) is 12.4 Å². The highest BCUT2D eigenvalue weighted by molar-refractivity contribution is 6.30. The first-order valence-electron chi connectivity index (χ1n) is 7.71. The Hall–Kier alpha value is -1.02. The van der Waals surface area contributed by atoms with Crippen LogP contribution in [0.2, 0.25) is 5.02 Å². The van der Waals surface area contributed by atoms with Gasteiger partial charge in [-0.05, 0) is 42.4 Å². The van der Waals surface area contributed by atoms with E-state index in [0.29, 0.717) is 36.6 Å². The van der Waals surface area contributed by atoms with Gasteiger partial charge in [-0.2, -0.15) is 0 Å². The Bertz CT molecular complexity index is 554. The van der Waals surface area contributed by atoms with Crippen LogP contribution in [0.5, 0.6) is 5.75 Å². The zero-order valence-electron chi connectivity index (χ0n) is 11.5. The number of hydrogen-bond acceptors (Lipinski definition) is 2. The van der Waals surface area contributed by atoms with E-state index in [1.54, 1.807) is 0 Å². The van der Waals surface area contributed by atoms with Crippen LogP contribution in [0.3, 0.4) is 0 Å². The molecule has 0 amide bonds. The number of benzene rings is 1. The summed E-state index contributed by atoms with van der Waals surface area (Å²) < 4.78 is 5.69. The van der Waals surface area contributed by atoms with E-state index < -0.39 is 0 Å². The van der Waals surface area contributed by atoms with Crippen LogP contribution in [0, 0.1) is 17.8 Å². The molecule has 0 radical (unpaired) electrons. The molecule has 2 aliphatic carbocycles. The molecular formula is C17H19ClO2. The summed E-state index contributed by atoms with van der Waals surface area (Å²) in [5.74, 6) is 3.02. The third-order valence-corrected chi connectivity index (χ3v) is 5.44. The Morgan fingerprint density at radius 1 is 1.25 bits per heavy atom. The summed E-state index contributed by atoms with van der Waals surface area (Å²) in [4.78, 5) is 12.6. The van der Waals surface area contributed by atoms with Crippen molar-refractivity contribution in [1.82, 2.24) is 0 Å². The highest BCUT2D eigenvalue weighted by Gasteiger charge is 2.54. The van der Waals surface area contributed by atoms with Crippen molar-refractivity contribution in [1.29, 1.82) is 0 Å². The molecule has 2 nitrogen and oxygen atoms in total. The molecule has 1 aromatic carbocycles. The van der Waals surface area contributed by atoms with Crippen LogP contribution >= 0.6 is 11.6 Å². The average Bonchev–Trinajstić information content (AvgIpc) is 2.98. The molecule has 0 N–H and O–H groups in total. The lowest BCUT2D eigenvalue weighted by Gasteiger charge is -2.08. The first kappa shape index (κ1) is 12.7. The Morgan fingerprint density at radius 3 is 2.75 bits per heavy atom. The molecule has 2 saturated carbocycles. The van der Waals surface area contributed by atoms with E-state index in [-0.39, 0.29) is 0 Å². The summed E-state index contributed by atoms with van der Waals surface area (Å²) in [7, 11) is 0. The minimum Gasteiger partial charge on any atom is -0.493 e. The molecule has 2 fully saturated rings. The lowest BCUT2D eigenvalue weighted by atomic mass is 10.0. The number of ether oxygens (including phenoxy) is 1. The number of carbonyl (C=O) groups excluding carboxylic acids is 1. The van der Waals surface area contributed by atoms with Crippen molar-refractivity contribution in [2.75, 3.05) is 6.61 Å². The second-order valence-electron chi connectivity index (χ2n) is 6.43. The van der Waals surface area contributed by atoms with Gasteiger partial charge in [0, 0.05) is 29.3 Å². The third kappa shape index (κ3) is 2.05. The number of fused-ring (bicyclic) bond motifs is 2. The normalized spacial score (nSPS) is 30.4. The van der Waals surface area contributed by atoms with Crippen LogP contribution in [0.25, 0.3) is 0 Å². The van der Waals surface area contributed by atoms with Crippen molar-refractivity contribution in [2.45, 2.75) is 38.5 Å². The molecule has 20 heavy (non-hydrogen) atoms. The summed E-state index contributed by atoms with van der Waals surface area (Å²) in [6, 6.07) is 3.88. The lowest BCUT2D eigenvalue weighted by molar-refractivity contribution is -0.120. The smallest absolute Gasteiger partial charge is 0.141 e. The topological polar surface area (TPSA) is 26.3 Å². The summed E-state index contributed by atoms with van der Waals surface area (Å²) in [5.41, 5.74) is 2.16. The average molecular weight is 291 g/mol. The van der Waals surface area contributed by atoms with Gasteiger partial charge in [-0.1, -0.05) is 24.4 Å². The second kappa shape index (κ2) is 4.77. The number of Topliss-reactive ketones (excluding diaryl/α,β-unsaturated/α-hetero) is 1. The van der Waals surface area contributed by atoms with Gasteiger partial charge >= 0.3 is 0 Å². The maximum Gasteiger partial charge on any atom is 0.141 e. The quantitative estimate of drug-likeness (QED) is 0.846. The molecule has 0 bridgehead atoms. The maximum atomic E-state index is 12.6.